The van der Waals surface area contributed by atoms with Crippen molar-refractivity contribution in [3.63, 3.8) is 0 Å². The van der Waals surface area contributed by atoms with Crippen molar-refractivity contribution in [1.29, 1.82) is 0 Å². The minimum atomic E-state index is -0.252. The second-order valence-corrected chi connectivity index (χ2v) is 8.40. The zero-order chi connectivity index (χ0) is 18.3. The number of rotatable bonds is 5. The number of carbonyl (C=O) groups excluding carboxylic acids is 1. The molecule has 1 unspecified atom stereocenters. The van der Waals surface area contributed by atoms with Crippen LogP contribution in [0.15, 0.2) is 6.20 Å². The average molecular weight is 410 g/mol. The van der Waals surface area contributed by atoms with Crippen LogP contribution in [0.5, 0.6) is 0 Å². The van der Waals surface area contributed by atoms with Crippen LogP contribution in [0.2, 0.25) is 0 Å². The topological polar surface area (TPSA) is 47.8 Å². The summed E-state index contributed by atoms with van der Waals surface area (Å²) >= 11 is 0. The quantitative estimate of drug-likeness (QED) is 0.659. The molecule has 1 aromatic heterocycles. The van der Waals surface area contributed by atoms with E-state index >= 15 is 0 Å². The van der Waals surface area contributed by atoms with E-state index in [1.54, 1.807) is 10.9 Å². The monoisotopic (exact) mass is 410 g/mol. The van der Waals surface area contributed by atoms with Crippen molar-refractivity contribution in [2.45, 2.75) is 74.1 Å². The first-order chi connectivity index (χ1) is 10.4. The second kappa shape index (κ2) is 11.4. The van der Waals surface area contributed by atoms with Gasteiger partial charge in [-0.15, -0.1) is 11.1 Å². The van der Waals surface area contributed by atoms with Gasteiger partial charge in [-0.2, -0.15) is 12.1 Å². The van der Waals surface area contributed by atoms with E-state index in [2.05, 4.69) is 52.0 Å². The Balaban J connectivity index is 0. The van der Waals surface area contributed by atoms with Gasteiger partial charge in [-0.05, 0) is 11.6 Å². The third-order valence-corrected chi connectivity index (χ3v) is 3.45. The van der Waals surface area contributed by atoms with Crippen LogP contribution in [0.4, 0.5) is 0 Å². The van der Waals surface area contributed by atoms with E-state index in [1.807, 2.05) is 20.8 Å². The van der Waals surface area contributed by atoms with E-state index < -0.39 is 0 Å². The second-order valence-electron chi connectivity index (χ2n) is 8.40. The molecular formula is C19H35N3OY-2. The molecule has 0 fully saturated rings. The van der Waals surface area contributed by atoms with Crippen LogP contribution in [0.25, 0.3) is 0 Å². The maximum atomic E-state index is 11.8. The summed E-state index contributed by atoms with van der Waals surface area (Å²) in [6.07, 6.45) is 6.05. The molecule has 0 aliphatic carbocycles. The van der Waals surface area contributed by atoms with Crippen LogP contribution >= 0.6 is 0 Å². The van der Waals surface area contributed by atoms with Gasteiger partial charge in [-0.25, -0.2) is 0 Å². The number of unbranched alkanes of at least 4 members (excludes halogenated alkanes) is 1. The Morgan fingerprint density at radius 2 is 1.79 bits per heavy atom. The molecule has 0 aliphatic heterocycles. The molecule has 0 aliphatic rings. The van der Waals surface area contributed by atoms with Crippen molar-refractivity contribution in [2.24, 2.45) is 16.7 Å². The van der Waals surface area contributed by atoms with Crippen LogP contribution in [-0.4, -0.2) is 20.8 Å². The largest absolute Gasteiger partial charge is 0.385 e. The van der Waals surface area contributed by atoms with Gasteiger partial charge in [0.15, 0.2) is 0 Å². The van der Waals surface area contributed by atoms with Gasteiger partial charge in [-0.3, -0.25) is 0 Å². The molecule has 0 spiro atoms. The number of nitrogens with zero attached hydrogens (tertiary/aromatic N) is 3. The SMILES string of the molecule is [CH2-]C(CC(C)(C)C)C(=O)C(C)(C)C.[CH2-]n1nncc1CCCC.[Y]. The zero-order valence-corrected chi connectivity index (χ0v) is 19.6. The van der Waals surface area contributed by atoms with Gasteiger partial charge in [0.2, 0.25) is 0 Å². The first kappa shape index (κ1) is 26.0. The number of aryl methyl sites for hydroxylation is 1. The Hall–Kier alpha value is -0.216. The summed E-state index contributed by atoms with van der Waals surface area (Å²) in [5.41, 5.74) is 1.05. The molecule has 1 aromatic rings. The van der Waals surface area contributed by atoms with Crippen molar-refractivity contribution in [2.75, 3.05) is 0 Å². The maximum Gasteiger partial charge on any atom is 0.111 e. The summed E-state index contributed by atoms with van der Waals surface area (Å²) < 4.78 is 1.58. The van der Waals surface area contributed by atoms with Crippen molar-refractivity contribution in [1.82, 2.24) is 15.0 Å². The number of carbonyl (C=O) groups is 1. The molecule has 1 rings (SSSR count). The molecule has 0 saturated heterocycles. The summed E-state index contributed by atoms with van der Waals surface area (Å²) in [5.74, 6) is 0.197. The zero-order valence-electron chi connectivity index (χ0n) is 16.7. The molecule has 1 radical (unpaired) electrons. The van der Waals surface area contributed by atoms with E-state index in [0.29, 0.717) is 0 Å². The molecule has 0 amide bonds. The van der Waals surface area contributed by atoms with E-state index in [4.69, 9.17) is 0 Å². The Kier molecular flexibility index (Phi) is 12.4. The number of hydrogen-bond donors (Lipinski definition) is 0. The first-order valence-electron chi connectivity index (χ1n) is 8.46. The van der Waals surface area contributed by atoms with Crippen LogP contribution in [0.3, 0.4) is 0 Å². The first-order valence-corrected chi connectivity index (χ1v) is 8.46. The molecule has 1 atom stereocenters. The maximum absolute atomic E-state index is 11.8. The van der Waals surface area contributed by atoms with Gasteiger partial charge in [0.25, 0.3) is 0 Å². The molecular weight excluding hydrogens is 375 g/mol. The number of aromatic nitrogens is 3. The third-order valence-electron chi connectivity index (χ3n) is 3.45. The summed E-state index contributed by atoms with van der Waals surface area (Å²) in [4.78, 5) is 11.8. The molecule has 137 valence electrons. The Bertz CT molecular complexity index is 470. The number of Topliss-reactive ketones (excluding diaryl/α,β-unsaturated/α-hetero) is 1. The fourth-order valence-electron chi connectivity index (χ4n) is 2.27. The number of hydrogen-bond acceptors (Lipinski definition) is 3. The molecule has 0 N–H and O–H groups in total. The number of ketones is 1. The van der Waals surface area contributed by atoms with Gasteiger partial charge >= 0.3 is 0 Å². The van der Waals surface area contributed by atoms with Crippen molar-refractivity contribution in [3.8, 4) is 0 Å². The van der Waals surface area contributed by atoms with Gasteiger partial charge in [0.1, 0.15) is 5.78 Å². The molecule has 5 heteroatoms. The predicted molar refractivity (Wildman–Crippen MR) is 96.8 cm³/mol. The normalized spacial score (nSPS) is 12.7. The van der Waals surface area contributed by atoms with Gasteiger partial charge < -0.3 is 16.4 Å². The van der Waals surface area contributed by atoms with Crippen molar-refractivity contribution < 1.29 is 37.5 Å². The van der Waals surface area contributed by atoms with Crippen LogP contribution < -0.4 is 0 Å². The Morgan fingerprint density at radius 1 is 1.25 bits per heavy atom. The minimum Gasteiger partial charge on any atom is -0.385 e. The summed E-state index contributed by atoms with van der Waals surface area (Å²) in [5, 5.41) is 7.45. The molecule has 4 nitrogen and oxygen atoms in total. The molecule has 0 saturated carbocycles. The predicted octanol–water partition coefficient (Wildman–Crippen LogP) is 4.75. The van der Waals surface area contributed by atoms with E-state index in [-0.39, 0.29) is 55.2 Å². The molecule has 24 heavy (non-hydrogen) atoms. The van der Waals surface area contributed by atoms with Crippen LogP contribution in [0.1, 0.15) is 73.4 Å². The summed E-state index contributed by atoms with van der Waals surface area (Å²) in [6, 6.07) is 0. The van der Waals surface area contributed by atoms with Gasteiger partial charge in [-0.1, -0.05) is 79.8 Å². The van der Waals surface area contributed by atoms with E-state index in [9.17, 15) is 4.79 Å². The summed E-state index contributed by atoms with van der Waals surface area (Å²) in [6.45, 7) is 18.4. The third kappa shape index (κ3) is 11.4. The van der Waals surface area contributed by atoms with Gasteiger partial charge in [0.05, 0.1) is 0 Å². The Labute approximate surface area is 174 Å². The van der Waals surface area contributed by atoms with Crippen LogP contribution in [0, 0.1) is 30.7 Å². The smallest absolute Gasteiger partial charge is 0.111 e. The molecule has 1 heterocycles. The van der Waals surface area contributed by atoms with E-state index in [0.717, 1.165) is 18.5 Å². The fraction of sp³-hybridized carbons (Fsp3) is 0.737. The standard InChI is InChI=1S/C12H23O.C7H12N3.Y/c1-9(8-11(2,3)4)10(13)12(5,6)7;1-3-4-5-7-6-8-9-10(7)2;/h9H,1,8H2,2-7H3;6H,2-5H2,1H3;/q2*-1;. The average Bonchev–Trinajstić information content (AvgIpc) is 2.78. The Morgan fingerprint density at radius 3 is 2.12 bits per heavy atom. The fourth-order valence-corrected chi connectivity index (χ4v) is 2.27. The van der Waals surface area contributed by atoms with Gasteiger partial charge in [0, 0.05) is 38.1 Å². The molecule has 0 aromatic carbocycles. The minimum absolute atomic E-state index is 0. The van der Waals surface area contributed by atoms with E-state index in [1.165, 1.54) is 12.8 Å². The van der Waals surface area contributed by atoms with Crippen LogP contribution in [-0.2, 0) is 43.9 Å². The van der Waals surface area contributed by atoms with Crippen molar-refractivity contribution in [3.05, 3.63) is 25.9 Å². The molecule has 0 bridgehead atoms. The summed E-state index contributed by atoms with van der Waals surface area (Å²) in [7, 11) is 3.68. The van der Waals surface area contributed by atoms with Crippen molar-refractivity contribution >= 4 is 5.78 Å².